The first-order valence-corrected chi connectivity index (χ1v) is 9.86. The van der Waals surface area contributed by atoms with Gasteiger partial charge in [0, 0.05) is 6.54 Å². The highest BCUT2D eigenvalue weighted by Crippen LogP contribution is 2.25. The SMILES string of the molecule is Cc1cccc(C)c1OCC(O)CNC(=O)C(C)NC(=O)c1cccc(Cl)c1Cl. The molecule has 0 bridgehead atoms. The smallest absolute Gasteiger partial charge is 0.253 e. The average molecular weight is 439 g/mol. The van der Waals surface area contributed by atoms with Gasteiger partial charge in [-0.1, -0.05) is 47.5 Å². The molecular weight excluding hydrogens is 415 g/mol. The zero-order chi connectivity index (χ0) is 21.6. The number of carbonyl (C=O) groups excluding carboxylic acids is 2. The molecule has 0 spiro atoms. The topological polar surface area (TPSA) is 87.7 Å². The van der Waals surface area contributed by atoms with Crippen molar-refractivity contribution in [2.75, 3.05) is 13.2 Å². The van der Waals surface area contributed by atoms with Gasteiger partial charge in [0.05, 0.1) is 15.6 Å². The van der Waals surface area contributed by atoms with E-state index in [0.717, 1.165) is 16.9 Å². The Morgan fingerprint density at radius 3 is 2.38 bits per heavy atom. The average Bonchev–Trinajstić information content (AvgIpc) is 2.67. The van der Waals surface area contributed by atoms with E-state index in [9.17, 15) is 14.7 Å². The summed E-state index contributed by atoms with van der Waals surface area (Å²) in [4.78, 5) is 24.5. The van der Waals surface area contributed by atoms with Gasteiger partial charge in [0.25, 0.3) is 5.91 Å². The van der Waals surface area contributed by atoms with E-state index in [4.69, 9.17) is 27.9 Å². The van der Waals surface area contributed by atoms with Gasteiger partial charge in [-0.3, -0.25) is 9.59 Å². The summed E-state index contributed by atoms with van der Waals surface area (Å²) in [6.07, 6.45) is -0.900. The number of aliphatic hydroxyl groups is 1. The van der Waals surface area contributed by atoms with Crippen LogP contribution in [-0.4, -0.2) is 42.2 Å². The third-order valence-corrected chi connectivity index (χ3v) is 5.10. The van der Waals surface area contributed by atoms with Crippen LogP contribution in [0, 0.1) is 13.8 Å². The maximum atomic E-state index is 12.3. The van der Waals surface area contributed by atoms with E-state index in [1.54, 1.807) is 12.1 Å². The molecule has 6 nitrogen and oxygen atoms in total. The molecule has 0 aliphatic rings. The number of ether oxygens (including phenoxy) is 1. The summed E-state index contributed by atoms with van der Waals surface area (Å²) in [5.41, 5.74) is 2.12. The first-order chi connectivity index (χ1) is 13.7. The molecule has 0 heterocycles. The van der Waals surface area contributed by atoms with Crippen LogP contribution in [0.5, 0.6) is 5.75 Å². The molecular formula is C21H24Cl2N2O4. The predicted molar refractivity (Wildman–Crippen MR) is 114 cm³/mol. The fraction of sp³-hybridized carbons (Fsp3) is 0.333. The summed E-state index contributed by atoms with van der Waals surface area (Å²) in [5, 5.41) is 15.6. The number of hydrogen-bond acceptors (Lipinski definition) is 4. The van der Waals surface area contributed by atoms with Gasteiger partial charge in [-0.2, -0.15) is 0 Å². The maximum Gasteiger partial charge on any atom is 0.253 e. The Hall–Kier alpha value is -2.28. The lowest BCUT2D eigenvalue weighted by molar-refractivity contribution is -0.123. The lowest BCUT2D eigenvalue weighted by atomic mass is 10.1. The Kier molecular flexibility index (Phi) is 8.32. The Bertz CT molecular complexity index is 869. The number of nitrogens with one attached hydrogen (secondary N) is 2. The van der Waals surface area contributed by atoms with E-state index < -0.39 is 24.0 Å². The highest BCUT2D eigenvalue weighted by molar-refractivity contribution is 6.43. The second kappa shape index (κ2) is 10.5. The maximum absolute atomic E-state index is 12.3. The second-order valence-electron chi connectivity index (χ2n) is 6.73. The molecule has 2 aromatic rings. The molecule has 2 rings (SSSR count). The molecule has 8 heteroatoms. The molecule has 2 aromatic carbocycles. The van der Waals surface area contributed by atoms with Crippen LogP contribution in [-0.2, 0) is 4.79 Å². The Morgan fingerprint density at radius 1 is 1.10 bits per heavy atom. The molecule has 2 unspecified atom stereocenters. The van der Waals surface area contributed by atoms with E-state index in [-0.39, 0.29) is 28.8 Å². The molecule has 29 heavy (non-hydrogen) atoms. The van der Waals surface area contributed by atoms with Crippen LogP contribution in [0.1, 0.15) is 28.4 Å². The molecule has 0 saturated heterocycles. The molecule has 3 N–H and O–H groups in total. The van der Waals surface area contributed by atoms with Crippen molar-refractivity contribution < 1.29 is 19.4 Å². The van der Waals surface area contributed by atoms with Crippen molar-refractivity contribution in [3.05, 3.63) is 63.1 Å². The fourth-order valence-electron chi connectivity index (χ4n) is 2.66. The van der Waals surface area contributed by atoms with Crippen LogP contribution in [0.4, 0.5) is 0 Å². The minimum atomic E-state index is -0.900. The van der Waals surface area contributed by atoms with Crippen LogP contribution >= 0.6 is 23.2 Å². The van der Waals surface area contributed by atoms with E-state index in [1.807, 2.05) is 32.0 Å². The van der Waals surface area contributed by atoms with Crippen molar-refractivity contribution in [2.24, 2.45) is 0 Å². The third-order valence-electron chi connectivity index (χ3n) is 4.28. The van der Waals surface area contributed by atoms with Crippen LogP contribution in [0.3, 0.4) is 0 Å². The summed E-state index contributed by atoms with van der Waals surface area (Å²) >= 11 is 11.9. The second-order valence-corrected chi connectivity index (χ2v) is 7.51. The number of amides is 2. The van der Waals surface area contributed by atoms with Gasteiger partial charge in [0.1, 0.15) is 24.5 Å². The molecule has 0 saturated carbocycles. The Labute approximate surface area is 180 Å². The quantitative estimate of drug-likeness (QED) is 0.589. The van der Waals surface area contributed by atoms with Crippen molar-refractivity contribution in [1.82, 2.24) is 10.6 Å². The monoisotopic (exact) mass is 438 g/mol. The summed E-state index contributed by atoms with van der Waals surface area (Å²) in [5.74, 6) is -0.237. The molecule has 156 valence electrons. The number of para-hydroxylation sites is 1. The molecule has 0 fully saturated rings. The molecule has 0 aliphatic carbocycles. The van der Waals surface area contributed by atoms with Gasteiger partial charge >= 0.3 is 0 Å². The minimum absolute atomic E-state index is 0.0120. The number of carbonyl (C=O) groups is 2. The summed E-state index contributed by atoms with van der Waals surface area (Å²) in [6.45, 7) is 5.40. The number of hydrogen-bond donors (Lipinski definition) is 3. The van der Waals surface area contributed by atoms with Crippen LogP contribution < -0.4 is 15.4 Å². The highest BCUT2D eigenvalue weighted by Gasteiger charge is 2.20. The predicted octanol–water partition coefficient (Wildman–Crippen LogP) is 3.28. The number of halogens is 2. The summed E-state index contributed by atoms with van der Waals surface area (Å²) in [6, 6.07) is 9.63. The van der Waals surface area contributed by atoms with Crippen molar-refractivity contribution in [2.45, 2.75) is 32.9 Å². The van der Waals surface area contributed by atoms with E-state index in [1.165, 1.54) is 13.0 Å². The van der Waals surface area contributed by atoms with Crippen LogP contribution in [0.2, 0.25) is 10.0 Å². The zero-order valence-corrected chi connectivity index (χ0v) is 18.0. The van der Waals surface area contributed by atoms with Crippen molar-refractivity contribution in [3.63, 3.8) is 0 Å². The van der Waals surface area contributed by atoms with Gasteiger partial charge < -0.3 is 20.5 Å². The number of aliphatic hydroxyl groups excluding tert-OH is 1. The number of aryl methyl sites for hydroxylation is 2. The Morgan fingerprint density at radius 2 is 1.72 bits per heavy atom. The molecule has 2 amide bonds. The first kappa shape index (κ1) is 23.0. The molecule has 0 radical (unpaired) electrons. The van der Waals surface area contributed by atoms with Gasteiger partial charge in [0.15, 0.2) is 0 Å². The number of benzene rings is 2. The fourth-order valence-corrected chi connectivity index (χ4v) is 3.04. The largest absolute Gasteiger partial charge is 0.490 e. The standard InChI is InChI=1S/C21H24Cl2N2O4/c1-12-6-4-7-13(2)19(12)29-11-15(26)10-24-20(27)14(3)25-21(28)16-8-5-9-17(22)18(16)23/h4-9,14-15,26H,10-11H2,1-3H3,(H,24,27)(H,25,28). The lowest BCUT2D eigenvalue weighted by Gasteiger charge is -2.18. The summed E-state index contributed by atoms with van der Waals surface area (Å²) in [7, 11) is 0. The molecule has 2 atom stereocenters. The lowest BCUT2D eigenvalue weighted by Crippen LogP contribution is -2.47. The Balaban J connectivity index is 1.82. The van der Waals surface area contributed by atoms with Crippen LogP contribution in [0.25, 0.3) is 0 Å². The minimum Gasteiger partial charge on any atom is -0.490 e. The van der Waals surface area contributed by atoms with E-state index >= 15 is 0 Å². The van der Waals surface area contributed by atoms with Crippen molar-refractivity contribution in [3.8, 4) is 5.75 Å². The van der Waals surface area contributed by atoms with Gasteiger partial charge in [0.2, 0.25) is 5.91 Å². The van der Waals surface area contributed by atoms with Gasteiger partial charge in [-0.25, -0.2) is 0 Å². The highest BCUT2D eigenvalue weighted by atomic mass is 35.5. The van der Waals surface area contributed by atoms with Gasteiger partial charge in [-0.05, 0) is 44.0 Å². The third kappa shape index (κ3) is 6.35. The van der Waals surface area contributed by atoms with E-state index in [2.05, 4.69) is 10.6 Å². The molecule has 0 aliphatic heterocycles. The molecule has 0 aromatic heterocycles. The van der Waals surface area contributed by atoms with Crippen LogP contribution in [0.15, 0.2) is 36.4 Å². The normalized spacial score (nSPS) is 12.8. The first-order valence-electron chi connectivity index (χ1n) is 9.10. The van der Waals surface area contributed by atoms with Gasteiger partial charge in [-0.15, -0.1) is 0 Å². The zero-order valence-electron chi connectivity index (χ0n) is 16.5. The van der Waals surface area contributed by atoms with Crippen molar-refractivity contribution in [1.29, 1.82) is 0 Å². The van der Waals surface area contributed by atoms with E-state index in [0.29, 0.717) is 0 Å². The summed E-state index contributed by atoms with van der Waals surface area (Å²) < 4.78 is 5.67. The van der Waals surface area contributed by atoms with Crippen molar-refractivity contribution >= 4 is 35.0 Å². The number of rotatable bonds is 8.